The molecule has 0 saturated carbocycles. The van der Waals surface area contributed by atoms with E-state index in [1.807, 2.05) is 31.2 Å². The topological polar surface area (TPSA) is 33.0 Å². The predicted molar refractivity (Wildman–Crippen MR) is 73.0 cm³/mol. The van der Waals surface area contributed by atoms with Gasteiger partial charge in [0.15, 0.2) is 0 Å². The number of rotatable bonds is 3. The Bertz CT molecular complexity index is 501. The number of halogens is 1. The Labute approximate surface area is 113 Å². The Morgan fingerprint density at radius 2 is 2.00 bits per heavy atom. The van der Waals surface area contributed by atoms with Gasteiger partial charge < -0.3 is 4.74 Å². The molecule has 2 nitrogen and oxygen atoms in total. The van der Waals surface area contributed by atoms with Crippen LogP contribution in [0.15, 0.2) is 29.8 Å². The molecule has 1 aromatic rings. The Kier molecular flexibility index (Phi) is 4.28. The normalized spacial score (nSPS) is 17.2. The second kappa shape index (κ2) is 5.93. The number of nitriles is 1. The Balaban J connectivity index is 2.43. The summed E-state index contributed by atoms with van der Waals surface area (Å²) in [5.74, 6) is 0. The molecule has 1 unspecified atom stereocenters. The molecule has 2 rings (SSSR count). The first-order chi connectivity index (χ1) is 8.74. The first kappa shape index (κ1) is 13.0. The maximum atomic E-state index is 8.66. The third kappa shape index (κ3) is 2.68. The van der Waals surface area contributed by atoms with Gasteiger partial charge in [-0.15, -0.1) is 0 Å². The highest BCUT2D eigenvalue weighted by Gasteiger charge is 2.21. The van der Waals surface area contributed by atoms with Crippen LogP contribution < -0.4 is 0 Å². The van der Waals surface area contributed by atoms with Crippen molar-refractivity contribution >= 4 is 17.2 Å². The van der Waals surface area contributed by atoms with Gasteiger partial charge in [0.25, 0.3) is 6.26 Å². The number of nitrogens with zero attached hydrogens (tertiary/aromatic N) is 1. The molecule has 1 atom stereocenters. The Hall–Kier alpha value is -1.46. The maximum absolute atomic E-state index is 8.66. The van der Waals surface area contributed by atoms with Crippen LogP contribution in [0, 0.1) is 11.5 Å². The van der Waals surface area contributed by atoms with Gasteiger partial charge >= 0.3 is 0 Å². The number of hydrogen-bond acceptors (Lipinski definition) is 2. The molecule has 3 heteroatoms. The van der Waals surface area contributed by atoms with Crippen LogP contribution in [-0.2, 0) is 4.74 Å². The van der Waals surface area contributed by atoms with E-state index >= 15 is 0 Å². The van der Waals surface area contributed by atoms with Gasteiger partial charge in [-0.2, -0.15) is 5.26 Å². The molecule has 18 heavy (non-hydrogen) atoms. The minimum atomic E-state index is -0.151. The Morgan fingerprint density at radius 1 is 1.28 bits per heavy atom. The lowest BCUT2D eigenvalue weighted by atomic mass is 9.85. The van der Waals surface area contributed by atoms with Crippen molar-refractivity contribution in [2.75, 3.05) is 0 Å². The molecule has 0 aromatic heterocycles. The summed E-state index contributed by atoms with van der Waals surface area (Å²) in [6, 6.07) is 7.88. The van der Waals surface area contributed by atoms with Gasteiger partial charge in [-0.25, -0.2) is 0 Å². The van der Waals surface area contributed by atoms with Crippen molar-refractivity contribution in [1.29, 1.82) is 5.26 Å². The second-order valence-corrected chi connectivity index (χ2v) is 4.95. The van der Waals surface area contributed by atoms with Crippen LogP contribution in [0.5, 0.6) is 0 Å². The maximum Gasteiger partial charge on any atom is 0.286 e. The van der Waals surface area contributed by atoms with Crippen molar-refractivity contribution in [1.82, 2.24) is 0 Å². The SMILES string of the molecule is CC(OC#N)C1=C(c2ccccc2Cl)CCCC1. The van der Waals surface area contributed by atoms with Crippen LogP contribution in [0.2, 0.25) is 5.02 Å². The molecule has 0 spiro atoms. The van der Waals surface area contributed by atoms with Crippen molar-refractivity contribution < 1.29 is 4.74 Å². The van der Waals surface area contributed by atoms with Crippen LogP contribution >= 0.6 is 11.6 Å². The Morgan fingerprint density at radius 3 is 2.72 bits per heavy atom. The zero-order valence-corrected chi connectivity index (χ0v) is 11.2. The predicted octanol–water partition coefficient (Wildman–Crippen LogP) is 4.55. The molecule has 1 aromatic carbocycles. The summed E-state index contributed by atoms with van der Waals surface area (Å²) in [7, 11) is 0. The van der Waals surface area contributed by atoms with Gasteiger partial charge in [-0.3, -0.25) is 0 Å². The fourth-order valence-electron chi connectivity index (χ4n) is 2.54. The molecule has 0 amide bonds. The van der Waals surface area contributed by atoms with E-state index in [0.29, 0.717) is 0 Å². The third-order valence-corrected chi connectivity index (χ3v) is 3.76. The average Bonchev–Trinajstić information content (AvgIpc) is 2.40. The highest BCUT2D eigenvalue weighted by Crippen LogP contribution is 2.37. The number of ether oxygens (including phenoxy) is 1. The fraction of sp³-hybridized carbons (Fsp3) is 0.400. The van der Waals surface area contributed by atoms with Crippen LogP contribution in [0.3, 0.4) is 0 Å². The van der Waals surface area contributed by atoms with Crippen LogP contribution in [0.25, 0.3) is 5.57 Å². The average molecular weight is 262 g/mol. The van der Waals surface area contributed by atoms with E-state index in [1.165, 1.54) is 17.6 Å². The van der Waals surface area contributed by atoms with E-state index < -0.39 is 0 Å². The van der Waals surface area contributed by atoms with Crippen molar-refractivity contribution in [3.8, 4) is 6.26 Å². The van der Waals surface area contributed by atoms with Gasteiger partial charge in [0.1, 0.15) is 6.10 Å². The quantitative estimate of drug-likeness (QED) is 0.748. The zero-order chi connectivity index (χ0) is 13.0. The molecule has 0 saturated heterocycles. The van der Waals surface area contributed by atoms with E-state index in [-0.39, 0.29) is 6.10 Å². The molecule has 0 N–H and O–H groups in total. The minimum Gasteiger partial charge on any atom is -0.420 e. The van der Waals surface area contributed by atoms with Crippen molar-refractivity contribution in [3.63, 3.8) is 0 Å². The number of hydrogen-bond donors (Lipinski definition) is 0. The van der Waals surface area contributed by atoms with Crippen molar-refractivity contribution in [3.05, 3.63) is 40.4 Å². The minimum absolute atomic E-state index is 0.151. The highest BCUT2D eigenvalue weighted by atomic mass is 35.5. The molecule has 0 radical (unpaired) electrons. The van der Waals surface area contributed by atoms with Gasteiger partial charge in [0, 0.05) is 5.02 Å². The number of benzene rings is 1. The summed E-state index contributed by atoms with van der Waals surface area (Å²) >= 11 is 6.26. The van der Waals surface area contributed by atoms with Crippen molar-refractivity contribution in [2.45, 2.75) is 38.7 Å². The molecule has 0 fully saturated rings. The molecule has 94 valence electrons. The number of allylic oxidation sites excluding steroid dienone is 1. The monoisotopic (exact) mass is 261 g/mol. The van der Waals surface area contributed by atoms with Crippen LogP contribution in [-0.4, -0.2) is 6.10 Å². The van der Waals surface area contributed by atoms with Gasteiger partial charge in [0.2, 0.25) is 0 Å². The largest absolute Gasteiger partial charge is 0.420 e. The van der Waals surface area contributed by atoms with E-state index in [9.17, 15) is 0 Å². The standard InChI is InChI=1S/C15H16ClNO/c1-11(18-10-17)12-6-2-3-7-13(12)14-8-4-5-9-15(14)16/h4-5,8-9,11H,2-3,6-7H2,1H3. The molecule has 1 aliphatic rings. The summed E-state index contributed by atoms with van der Waals surface area (Å²) in [4.78, 5) is 0. The van der Waals surface area contributed by atoms with Crippen molar-refractivity contribution in [2.24, 2.45) is 0 Å². The fourth-order valence-corrected chi connectivity index (χ4v) is 2.79. The van der Waals surface area contributed by atoms with E-state index in [2.05, 4.69) is 0 Å². The molecule has 1 aliphatic carbocycles. The highest BCUT2D eigenvalue weighted by molar-refractivity contribution is 6.32. The molecule has 0 heterocycles. The van der Waals surface area contributed by atoms with E-state index in [1.54, 1.807) is 6.26 Å². The van der Waals surface area contributed by atoms with Gasteiger partial charge in [-0.1, -0.05) is 29.8 Å². The summed E-state index contributed by atoms with van der Waals surface area (Å²) < 4.78 is 5.08. The first-order valence-corrected chi connectivity index (χ1v) is 6.63. The van der Waals surface area contributed by atoms with Crippen LogP contribution in [0.1, 0.15) is 38.2 Å². The van der Waals surface area contributed by atoms with E-state index in [4.69, 9.17) is 21.6 Å². The lowest BCUT2D eigenvalue weighted by Crippen LogP contribution is -2.14. The molecule has 0 aliphatic heterocycles. The molecule has 0 bridgehead atoms. The zero-order valence-electron chi connectivity index (χ0n) is 10.4. The third-order valence-electron chi connectivity index (χ3n) is 3.43. The van der Waals surface area contributed by atoms with Gasteiger partial charge in [-0.05, 0) is 55.4 Å². The summed E-state index contributed by atoms with van der Waals surface area (Å²) in [5, 5.41) is 9.43. The summed E-state index contributed by atoms with van der Waals surface area (Å²) in [6.45, 7) is 1.93. The first-order valence-electron chi connectivity index (χ1n) is 6.25. The lowest BCUT2D eigenvalue weighted by molar-refractivity contribution is 0.207. The van der Waals surface area contributed by atoms with Crippen LogP contribution in [0.4, 0.5) is 0 Å². The summed E-state index contributed by atoms with van der Waals surface area (Å²) in [6.07, 6.45) is 5.96. The van der Waals surface area contributed by atoms with Gasteiger partial charge in [0.05, 0.1) is 0 Å². The molecular formula is C15H16ClNO. The second-order valence-electron chi connectivity index (χ2n) is 4.54. The summed E-state index contributed by atoms with van der Waals surface area (Å²) in [5.41, 5.74) is 3.56. The lowest BCUT2D eigenvalue weighted by Gasteiger charge is -2.24. The smallest absolute Gasteiger partial charge is 0.286 e. The molecular weight excluding hydrogens is 246 g/mol. The van der Waals surface area contributed by atoms with E-state index in [0.717, 1.165) is 29.8 Å².